The predicted molar refractivity (Wildman–Crippen MR) is 91.2 cm³/mol. The molecule has 0 radical (unpaired) electrons. The van der Waals surface area contributed by atoms with E-state index in [0.29, 0.717) is 6.61 Å². The molecule has 0 amide bonds. The first-order valence-corrected chi connectivity index (χ1v) is 8.09. The van der Waals surface area contributed by atoms with Crippen LogP contribution in [0.4, 0.5) is 5.95 Å². The number of anilines is 1. The standard InChI is InChI=1S/C18H19N5O/c1-14-7-5-6-10-16(14)17-13-22(11-12-24-17)18-19-20-21-23(18)15-8-3-2-4-9-15/h2-10,17H,11-13H2,1H3. The fourth-order valence-corrected chi connectivity index (χ4v) is 3.08. The minimum Gasteiger partial charge on any atom is -0.370 e. The molecule has 1 aromatic heterocycles. The third kappa shape index (κ3) is 2.76. The van der Waals surface area contributed by atoms with E-state index in [4.69, 9.17) is 4.74 Å². The molecule has 4 rings (SSSR count). The minimum absolute atomic E-state index is 0.0286. The number of morpholine rings is 1. The van der Waals surface area contributed by atoms with Gasteiger partial charge in [-0.2, -0.15) is 4.68 Å². The van der Waals surface area contributed by atoms with Crippen LogP contribution in [-0.4, -0.2) is 39.9 Å². The summed E-state index contributed by atoms with van der Waals surface area (Å²) in [5, 5.41) is 12.3. The number of nitrogens with zero attached hydrogens (tertiary/aromatic N) is 5. The normalized spacial score (nSPS) is 17.9. The molecule has 1 unspecified atom stereocenters. The number of aryl methyl sites for hydroxylation is 1. The Hall–Kier alpha value is -2.73. The van der Waals surface area contributed by atoms with Crippen molar-refractivity contribution >= 4 is 5.95 Å². The van der Waals surface area contributed by atoms with E-state index in [0.717, 1.165) is 24.7 Å². The Labute approximate surface area is 140 Å². The van der Waals surface area contributed by atoms with Crippen molar-refractivity contribution < 1.29 is 4.74 Å². The van der Waals surface area contributed by atoms with Crippen molar-refractivity contribution in [2.24, 2.45) is 0 Å². The fraction of sp³-hybridized carbons (Fsp3) is 0.278. The highest BCUT2D eigenvalue weighted by Gasteiger charge is 2.26. The lowest BCUT2D eigenvalue weighted by atomic mass is 10.0. The lowest BCUT2D eigenvalue weighted by molar-refractivity contribution is 0.0387. The van der Waals surface area contributed by atoms with E-state index < -0.39 is 0 Å². The van der Waals surface area contributed by atoms with Crippen molar-refractivity contribution in [3.8, 4) is 5.69 Å². The molecule has 2 heterocycles. The molecule has 2 aromatic carbocycles. The molecule has 3 aromatic rings. The highest BCUT2D eigenvalue weighted by molar-refractivity contribution is 5.41. The van der Waals surface area contributed by atoms with Crippen molar-refractivity contribution in [1.82, 2.24) is 20.2 Å². The molecule has 0 saturated carbocycles. The first-order chi connectivity index (χ1) is 11.8. The van der Waals surface area contributed by atoms with Gasteiger partial charge in [0.05, 0.1) is 18.8 Å². The van der Waals surface area contributed by atoms with E-state index in [-0.39, 0.29) is 6.10 Å². The Morgan fingerprint density at radius 3 is 2.67 bits per heavy atom. The second-order valence-corrected chi connectivity index (χ2v) is 5.89. The van der Waals surface area contributed by atoms with Crippen molar-refractivity contribution in [3.63, 3.8) is 0 Å². The zero-order valence-corrected chi connectivity index (χ0v) is 13.5. The summed E-state index contributed by atoms with van der Waals surface area (Å²) in [6.45, 7) is 4.28. The van der Waals surface area contributed by atoms with Crippen LogP contribution in [0, 0.1) is 6.92 Å². The van der Waals surface area contributed by atoms with E-state index in [9.17, 15) is 0 Å². The minimum atomic E-state index is 0.0286. The quantitative estimate of drug-likeness (QED) is 0.742. The molecule has 1 saturated heterocycles. The molecule has 1 aliphatic rings. The molecule has 6 nitrogen and oxygen atoms in total. The second kappa shape index (κ2) is 6.41. The van der Waals surface area contributed by atoms with Crippen LogP contribution >= 0.6 is 0 Å². The van der Waals surface area contributed by atoms with Crippen LogP contribution < -0.4 is 4.90 Å². The van der Waals surface area contributed by atoms with Gasteiger partial charge in [-0.15, -0.1) is 0 Å². The van der Waals surface area contributed by atoms with Crippen LogP contribution in [0.25, 0.3) is 5.69 Å². The maximum atomic E-state index is 6.00. The fourth-order valence-electron chi connectivity index (χ4n) is 3.08. The SMILES string of the molecule is Cc1ccccc1C1CN(c2nnnn2-c2ccccc2)CCO1. The van der Waals surface area contributed by atoms with Crippen LogP contribution in [0.15, 0.2) is 54.6 Å². The summed E-state index contributed by atoms with van der Waals surface area (Å²) in [6, 6.07) is 18.3. The zero-order chi connectivity index (χ0) is 16.4. The molecule has 1 atom stereocenters. The number of para-hydroxylation sites is 1. The van der Waals surface area contributed by atoms with E-state index >= 15 is 0 Å². The lowest BCUT2D eigenvalue weighted by Crippen LogP contribution is -2.40. The van der Waals surface area contributed by atoms with Gasteiger partial charge in [0.15, 0.2) is 0 Å². The van der Waals surface area contributed by atoms with Gasteiger partial charge in [0.1, 0.15) is 6.10 Å². The number of ether oxygens (including phenoxy) is 1. The zero-order valence-electron chi connectivity index (χ0n) is 13.5. The third-order valence-electron chi connectivity index (χ3n) is 4.34. The van der Waals surface area contributed by atoms with E-state index in [1.165, 1.54) is 11.1 Å². The Balaban J connectivity index is 1.62. The summed E-state index contributed by atoms with van der Waals surface area (Å²) in [5.74, 6) is 0.753. The molecule has 0 aliphatic carbocycles. The monoisotopic (exact) mass is 321 g/mol. The molecule has 1 fully saturated rings. The molecule has 6 heteroatoms. The van der Waals surface area contributed by atoms with E-state index in [2.05, 4.69) is 51.6 Å². The third-order valence-corrected chi connectivity index (χ3v) is 4.34. The number of benzene rings is 2. The lowest BCUT2D eigenvalue weighted by Gasteiger charge is -2.33. The Morgan fingerprint density at radius 1 is 1.04 bits per heavy atom. The number of tetrazole rings is 1. The van der Waals surface area contributed by atoms with Gasteiger partial charge in [-0.05, 0) is 40.6 Å². The molecule has 24 heavy (non-hydrogen) atoms. The van der Waals surface area contributed by atoms with Gasteiger partial charge in [-0.3, -0.25) is 0 Å². The van der Waals surface area contributed by atoms with Crippen LogP contribution in [0.2, 0.25) is 0 Å². The summed E-state index contributed by atoms with van der Waals surface area (Å²) in [5.41, 5.74) is 3.42. The van der Waals surface area contributed by atoms with Crippen LogP contribution in [0.1, 0.15) is 17.2 Å². The summed E-state index contributed by atoms with van der Waals surface area (Å²) >= 11 is 0. The smallest absolute Gasteiger partial charge is 0.250 e. The first kappa shape index (κ1) is 14.8. The number of hydrogen-bond donors (Lipinski definition) is 0. The molecule has 1 aliphatic heterocycles. The van der Waals surface area contributed by atoms with Crippen molar-refractivity contribution in [2.45, 2.75) is 13.0 Å². The number of aromatic nitrogens is 4. The Morgan fingerprint density at radius 2 is 1.83 bits per heavy atom. The van der Waals surface area contributed by atoms with Gasteiger partial charge in [-0.1, -0.05) is 47.6 Å². The number of hydrogen-bond acceptors (Lipinski definition) is 5. The van der Waals surface area contributed by atoms with Crippen molar-refractivity contribution in [2.75, 3.05) is 24.6 Å². The Bertz CT molecular complexity index is 817. The van der Waals surface area contributed by atoms with Crippen molar-refractivity contribution in [1.29, 1.82) is 0 Å². The highest BCUT2D eigenvalue weighted by atomic mass is 16.5. The average molecular weight is 321 g/mol. The maximum Gasteiger partial charge on any atom is 0.250 e. The van der Waals surface area contributed by atoms with Gasteiger partial charge in [0.2, 0.25) is 0 Å². The molecule has 122 valence electrons. The molecule has 0 spiro atoms. The summed E-state index contributed by atoms with van der Waals surface area (Å²) in [7, 11) is 0. The molecule has 0 bridgehead atoms. The Kier molecular flexibility index (Phi) is 3.96. The number of rotatable bonds is 3. The second-order valence-electron chi connectivity index (χ2n) is 5.89. The summed E-state index contributed by atoms with van der Waals surface area (Å²) in [4.78, 5) is 2.19. The molecular weight excluding hydrogens is 302 g/mol. The summed E-state index contributed by atoms with van der Waals surface area (Å²) in [6.07, 6.45) is 0.0286. The van der Waals surface area contributed by atoms with Crippen LogP contribution in [0.3, 0.4) is 0 Å². The first-order valence-electron chi connectivity index (χ1n) is 8.09. The predicted octanol–water partition coefficient (Wildman–Crippen LogP) is 2.55. The van der Waals surface area contributed by atoms with Gasteiger partial charge < -0.3 is 9.64 Å². The summed E-state index contributed by atoms with van der Waals surface area (Å²) < 4.78 is 7.78. The topological polar surface area (TPSA) is 56.1 Å². The molecular formula is C18H19N5O. The van der Waals surface area contributed by atoms with E-state index in [1.54, 1.807) is 4.68 Å². The average Bonchev–Trinajstić information content (AvgIpc) is 3.13. The van der Waals surface area contributed by atoms with Gasteiger partial charge in [-0.25, -0.2) is 0 Å². The van der Waals surface area contributed by atoms with E-state index in [1.807, 2.05) is 30.3 Å². The van der Waals surface area contributed by atoms with Gasteiger partial charge in [0, 0.05) is 6.54 Å². The van der Waals surface area contributed by atoms with Gasteiger partial charge >= 0.3 is 0 Å². The van der Waals surface area contributed by atoms with Crippen molar-refractivity contribution in [3.05, 3.63) is 65.7 Å². The largest absolute Gasteiger partial charge is 0.370 e. The molecule has 0 N–H and O–H groups in total. The van der Waals surface area contributed by atoms with Crippen LogP contribution in [0.5, 0.6) is 0 Å². The van der Waals surface area contributed by atoms with Crippen LogP contribution in [-0.2, 0) is 4.74 Å². The maximum absolute atomic E-state index is 6.00. The highest BCUT2D eigenvalue weighted by Crippen LogP contribution is 2.27. The van der Waals surface area contributed by atoms with Gasteiger partial charge in [0.25, 0.3) is 5.95 Å².